The minimum Gasteiger partial charge on any atom is -0.491 e. The van der Waals surface area contributed by atoms with Crippen LogP contribution >= 0.6 is 0 Å². The Bertz CT molecular complexity index is 399. The van der Waals surface area contributed by atoms with Crippen LogP contribution in [0.4, 0.5) is 5.69 Å². The third kappa shape index (κ3) is 2.12. The van der Waals surface area contributed by atoms with Gasteiger partial charge < -0.3 is 15.0 Å². The molecule has 1 N–H and O–H groups in total. The lowest BCUT2D eigenvalue weighted by molar-refractivity contribution is 0.0674. The number of likely N-dealkylation sites (tertiary alicyclic amines) is 1. The Morgan fingerprint density at radius 3 is 3.12 bits per heavy atom. The zero-order valence-corrected chi connectivity index (χ0v) is 10.4. The van der Waals surface area contributed by atoms with E-state index in [2.05, 4.69) is 35.3 Å². The lowest BCUT2D eigenvalue weighted by Gasteiger charge is -2.38. The maximum Gasteiger partial charge on any atom is 0.142 e. The number of hydrogen-bond donors (Lipinski definition) is 1. The molecular formula is C14H20N2O. The van der Waals surface area contributed by atoms with Gasteiger partial charge in [0.1, 0.15) is 5.75 Å². The molecule has 2 heterocycles. The highest BCUT2D eigenvalue weighted by Gasteiger charge is 2.26. The van der Waals surface area contributed by atoms with Crippen LogP contribution in [0.1, 0.15) is 12.5 Å². The molecular weight excluding hydrogens is 212 g/mol. The largest absolute Gasteiger partial charge is 0.491 e. The second-order valence-electron chi connectivity index (χ2n) is 5.00. The lowest BCUT2D eigenvalue weighted by atomic mass is 10.0. The van der Waals surface area contributed by atoms with Crippen molar-refractivity contribution in [3.05, 3.63) is 23.8 Å². The van der Waals surface area contributed by atoms with Crippen molar-refractivity contribution in [2.24, 2.45) is 5.92 Å². The number of para-hydroxylation sites is 1. The molecule has 1 aromatic carbocycles. The third-order valence-corrected chi connectivity index (χ3v) is 3.76. The van der Waals surface area contributed by atoms with E-state index in [-0.39, 0.29) is 0 Å². The summed E-state index contributed by atoms with van der Waals surface area (Å²) in [6, 6.07) is 6.36. The summed E-state index contributed by atoms with van der Waals surface area (Å²) in [7, 11) is 0. The molecule has 0 spiro atoms. The lowest BCUT2D eigenvalue weighted by Crippen LogP contribution is -2.48. The van der Waals surface area contributed by atoms with Gasteiger partial charge in [-0.15, -0.1) is 0 Å². The number of benzene rings is 1. The van der Waals surface area contributed by atoms with E-state index >= 15 is 0 Å². The number of nitrogens with zero attached hydrogens (tertiary/aromatic N) is 1. The summed E-state index contributed by atoms with van der Waals surface area (Å²) in [6.07, 6.45) is 1.12. The van der Waals surface area contributed by atoms with E-state index in [1.807, 2.05) is 0 Å². The van der Waals surface area contributed by atoms with Gasteiger partial charge >= 0.3 is 0 Å². The average Bonchev–Trinajstić information content (AvgIpc) is 2.76. The van der Waals surface area contributed by atoms with E-state index in [1.54, 1.807) is 0 Å². The van der Waals surface area contributed by atoms with Gasteiger partial charge in [0, 0.05) is 25.6 Å². The average molecular weight is 232 g/mol. The highest BCUT2D eigenvalue weighted by molar-refractivity contribution is 5.65. The molecule has 1 fully saturated rings. The van der Waals surface area contributed by atoms with Crippen LogP contribution in [0.3, 0.4) is 0 Å². The van der Waals surface area contributed by atoms with Crippen molar-refractivity contribution in [3.63, 3.8) is 0 Å². The number of anilines is 1. The van der Waals surface area contributed by atoms with E-state index in [9.17, 15) is 0 Å². The van der Waals surface area contributed by atoms with Crippen LogP contribution in [0.15, 0.2) is 18.2 Å². The van der Waals surface area contributed by atoms with Crippen molar-refractivity contribution >= 4 is 5.69 Å². The van der Waals surface area contributed by atoms with Crippen molar-refractivity contribution < 1.29 is 4.74 Å². The van der Waals surface area contributed by atoms with E-state index in [0.717, 1.165) is 25.3 Å². The third-order valence-electron chi connectivity index (χ3n) is 3.76. The number of fused-ring (bicyclic) bond motifs is 1. The van der Waals surface area contributed by atoms with E-state index in [4.69, 9.17) is 4.74 Å². The fraction of sp³-hybridized carbons (Fsp3) is 0.571. The maximum atomic E-state index is 5.96. The molecule has 0 atom stereocenters. The molecule has 2 aliphatic heterocycles. The van der Waals surface area contributed by atoms with Crippen LogP contribution in [0.5, 0.6) is 5.75 Å². The topological polar surface area (TPSA) is 24.5 Å². The van der Waals surface area contributed by atoms with Gasteiger partial charge in [-0.3, -0.25) is 0 Å². The molecule has 1 aromatic rings. The first kappa shape index (κ1) is 10.9. The highest BCUT2D eigenvalue weighted by atomic mass is 16.5. The Kier molecular flexibility index (Phi) is 2.93. The van der Waals surface area contributed by atoms with Gasteiger partial charge in [0.2, 0.25) is 0 Å². The second-order valence-corrected chi connectivity index (χ2v) is 5.00. The Morgan fingerprint density at radius 2 is 2.29 bits per heavy atom. The first-order chi connectivity index (χ1) is 8.36. The Labute approximate surface area is 103 Å². The monoisotopic (exact) mass is 232 g/mol. The molecule has 0 unspecified atom stereocenters. The molecule has 2 aliphatic rings. The molecule has 0 saturated carbocycles. The van der Waals surface area contributed by atoms with Gasteiger partial charge in [-0.2, -0.15) is 0 Å². The molecule has 3 rings (SSSR count). The smallest absolute Gasteiger partial charge is 0.142 e. The molecule has 0 aromatic heterocycles. The van der Waals surface area contributed by atoms with E-state index in [1.165, 1.54) is 30.9 Å². The minimum absolute atomic E-state index is 0.715. The predicted molar refractivity (Wildman–Crippen MR) is 69.7 cm³/mol. The predicted octanol–water partition coefficient (Wildman–Crippen LogP) is 1.99. The molecule has 92 valence electrons. The van der Waals surface area contributed by atoms with Gasteiger partial charge in [-0.25, -0.2) is 0 Å². The fourth-order valence-corrected chi connectivity index (χ4v) is 2.68. The van der Waals surface area contributed by atoms with Crippen LogP contribution in [0.2, 0.25) is 0 Å². The summed E-state index contributed by atoms with van der Waals surface area (Å²) in [5.41, 5.74) is 2.62. The Balaban J connectivity index is 1.57. The molecule has 3 nitrogen and oxygen atoms in total. The van der Waals surface area contributed by atoms with Crippen molar-refractivity contribution in [2.45, 2.75) is 13.3 Å². The van der Waals surface area contributed by atoms with E-state index < -0.39 is 0 Å². The number of nitrogens with one attached hydrogen (secondary N) is 1. The second kappa shape index (κ2) is 4.57. The Hall–Kier alpha value is -1.22. The van der Waals surface area contributed by atoms with E-state index in [0.29, 0.717) is 5.92 Å². The standard InChI is InChI=1S/C14H20N2O/c1-2-16-8-11(9-16)10-17-13-5-3-4-12-6-7-15-14(12)13/h3-5,11,15H,2,6-10H2,1H3. The van der Waals surface area contributed by atoms with Crippen molar-refractivity contribution in [1.82, 2.24) is 4.90 Å². The molecule has 0 amide bonds. The molecule has 17 heavy (non-hydrogen) atoms. The Morgan fingerprint density at radius 1 is 1.41 bits per heavy atom. The number of rotatable bonds is 4. The quantitative estimate of drug-likeness (QED) is 0.859. The fourth-order valence-electron chi connectivity index (χ4n) is 2.68. The van der Waals surface area contributed by atoms with Gasteiger partial charge in [-0.05, 0) is 24.6 Å². The summed E-state index contributed by atoms with van der Waals surface area (Å²) in [6.45, 7) is 7.67. The van der Waals surface area contributed by atoms with Crippen LogP contribution in [0.25, 0.3) is 0 Å². The summed E-state index contributed by atoms with van der Waals surface area (Å²) in [5.74, 6) is 1.75. The number of ether oxygens (including phenoxy) is 1. The number of hydrogen-bond acceptors (Lipinski definition) is 3. The zero-order valence-electron chi connectivity index (χ0n) is 10.4. The van der Waals surface area contributed by atoms with Gasteiger partial charge in [0.05, 0.1) is 12.3 Å². The summed E-state index contributed by atoms with van der Waals surface area (Å²) in [4.78, 5) is 2.45. The van der Waals surface area contributed by atoms with Crippen LogP contribution in [-0.4, -0.2) is 37.7 Å². The summed E-state index contributed by atoms with van der Waals surface area (Å²) >= 11 is 0. The molecule has 0 bridgehead atoms. The maximum absolute atomic E-state index is 5.96. The molecule has 0 radical (unpaired) electrons. The zero-order chi connectivity index (χ0) is 11.7. The van der Waals surface area contributed by atoms with Gasteiger partial charge in [0.25, 0.3) is 0 Å². The molecule has 3 heteroatoms. The van der Waals surface area contributed by atoms with Crippen LogP contribution in [0, 0.1) is 5.92 Å². The first-order valence-electron chi connectivity index (χ1n) is 6.57. The van der Waals surface area contributed by atoms with Crippen LogP contribution in [-0.2, 0) is 6.42 Å². The summed E-state index contributed by atoms with van der Waals surface area (Å²) in [5, 5.41) is 3.41. The van der Waals surface area contributed by atoms with Gasteiger partial charge in [-0.1, -0.05) is 19.1 Å². The SMILES string of the molecule is CCN1CC(COc2cccc3c2NCC3)C1. The molecule has 0 aliphatic carbocycles. The minimum atomic E-state index is 0.715. The van der Waals surface area contributed by atoms with Crippen molar-refractivity contribution in [2.75, 3.05) is 38.1 Å². The van der Waals surface area contributed by atoms with Gasteiger partial charge in [0.15, 0.2) is 0 Å². The van der Waals surface area contributed by atoms with Crippen LogP contribution < -0.4 is 10.1 Å². The van der Waals surface area contributed by atoms with Crippen molar-refractivity contribution in [3.8, 4) is 5.75 Å². The first-order valence-corrected chi connectivity index (χ1v) is 6.57. The van der Waals surface area contributed by atoms with Crippen molar-refractivity contribution in [1.29, 1.82) is 0 Å². The molecule has 1 saturated heterocycles. The normalized spacial score (nSPS) is 19.6. The summed E-state index contributed by atoms with van der Waals surface area (Å²) < 4.78 is 5.96. The highest BCUT2D eigenvalue weighted by Crippen LogP contribution is 2.33.